The molecule has 0 aromatic heterocycles. The van der Waals surface area contributed by atoms with Gasteiger partial charge in [0.1, 0.15) is 0 Å². The van der Waals surface area contributed by atoms with Crippen molar-refractivity contribution in [3.8, 4) is 0 Å². The van der Waals surface area contributed by atoms with Crippen LogP contribution in [0.25, 0.3) is 0 Å². The normalized spacial score (nSPS) is 49.6. The molecule has 2 aliphatic carbocycles. The second kappa shape index (κ2) is 2.78. The quantitative estimate of drug-likeness (QED) is 0.613. The lowest BCUT2D eigenvalue weighted by Crippen LogP contribution is -2.12. The topological polar surface area (TPSA) is 20.2 Å². The molecule has 1 N–H and O–H groups in total. The second-order valence-corrected chi connectivity index (χ2v) is 4.41. The van der Waals surface area contributed by atoms with E-state index in [0.29, 0.717) is 12.5 Å². The Kier molecular flexibility index (Phi) is 1.92. The van der Waals surface area contributed by atoms with Gasteiger partial charge >= 0.3 is 0 Å². The summed E-state index contributed by atoms with van der Waals surface area (Å²) >= 11 is 0. The molecule has 0 aromatic carbocycles. The minimum absolute atomic E-state index is 0.436. The van der Waals surface area contributed by atoms with E-state index in [1.54, 1.807) is 0 Å². The van der Waals surface area contributed by atoms with Crippen molar-refractivity contribution >= 4 is 0 Å². The molecule has 0 spiro atoms. The fourth-order valence-electron chi connectivity index (χ4n) is 3.35. The van der Waals surface area contributed by atoms with E-state index in [4.69, 9.17) is 5.11 Å². The van der Waals surface area contributed by atoms with E-state index in [2.05, 4.69) is 6.92 Å². The van der Waals surface area contributed by atoms with Crippen LogP contribution in [-0.2, 0) is 0 Å². The van der Waals surface area contributed by atoms with Crippen molar-refractivity contribution < 1.29 is 5.11 Å². The number of aliphatic hydroxyl groups is 1. The van der Waals surface area contributed by atoms with Crippen LogP contribution in [0.15, 0.2) is 0 Å². The molecule has 0 radical (unpaired) electrons. The molecule has 1 heteroatoms. The van der Waals surface area contributed by atoms with Gasteiger partial charge in [0.05, 0.1) is 0 Å². The molecule has 4 atom stereocenters. The Bertz CT molecular complexity index is 144. The third kappa shape index (κ3) is 1.10. The van der Waals surface area contributed by atoms with Gasteiger partial charge in [0, 0.05) is 6.61 Å². The molecule has 0 bridgehead atoms. The van der Waals surface area contributed by atoms with Gasteiger partial charge in [-0.3, -0.25) is 0 Å². The van der Waals surface area contributed by atoms with Crippen molar-refractivity contribution in [2.45, 2.75) is 32.6 Å². The zero-order valence-corrected chi connectivity index (χ0v) is 7.29. The molecule has 2 aliphatic rings. The molecule has 0 heterocycles. The van der Waals surface area contributed by atoms with Gasteiger partial charge in [0.25, 0.3) is 0 Å². The molecule has 1 nitrogen and oxygen atoms in total. The Morgan fingerprint density at radius 1 is 1.27 bits per heavy atom. The van der Waals surface area contributed by atoms with Crippen LogP contribution in [0.3, 0.4) is 0 Å². The highest BCUT2D eigenvalue weighted by Gasteiger charge is 2.42. The summed E-state index contributed by atoms with van der Waals surface area (Å²) in [6.07, 6.45) is 5.52. The highest BCUT2D eigenvalue weighted by atomic mass is 16.3. The maximum atomic E-state index is 9.13. The van der Waals surface area contributed by atoms with E-state index in [0.717, 1.165) is 17.8 Å². The Balaban J connectivity index is 2.07. The zero-order valence-electron chi connectivity index (χ0n) is 7.29. The molecule has 0 saturated heterocycles. The number of hydrogen-bond donors (Lipinski definition) is 1. The lowest BCUT2D eigenvalue weighted by molar-refractivity contribution is 0.188. The first kappa shape index (κ1) is 7.60. The third-order valence-corrected chi connectivity index (χ3v) is 3.87. The number of hydrogen-bond acceptors (Lipinski definition) is 1. The molecule has 64 valence electrons. The molecule has 2 saturated carbocycles. The Labute approximate surface area is 68.8 Å². The van der Waals surface area contributed by atoms with Crippen LogP contribution in [-0.4, -0.2) is 11.7 Å². The molecule has 0 amide bonds. The van der Waals surface area contributed by atoms with Crippen LogP contribution in [0.5, 0.6) is 0 Å². The first-order valence-corrected chi connectivity index (χ1v) is 4.93. The van der Waals surface area contributed by atoms with Gasteiger partial charge < -0.3 is 5.11 Å². The van der Waals surface area contributed by atoms with Gasteiger partial charge in [0.15, 0.2) is 0 Å². The van der Waals surface area contributed by atoms with E-state index >= 15 is 0 Å². The molecule has 0 aromatic rings. The van der Waals surface area contributed by atoms with Crippen molar-refractivity contribution in [2.75, 3.05) is 6.61 Å². The van der Waals surface area contributed by atoms with Gasteiger partial charge in [-0.2, -0.15) is 0 Å². The first-order valence-electron chi connectivity index (χ1n) is 4.93. The summed E-state index contributed by atoms with van der Waals surface area (Å²) in [5.41, 5.74) is 0. The lowest BCUT2D eigenvalue weighted by Gasteiger charge is -2.15. The smallest absolute Gasteiger partial charge is 0.0462 e. The fraction of sp³-hybridized carbons (Fsp3) is 1.00. The standard InChI is InChI=1S/C10H18O/c1-7-5-8(6-11)10-4-2-3-9(7)10/h7-11H,2-6H2,1H3. The molecule has 2 rings (SSSR count). The van der Waals surface area contributed by atoms with Gasteiger partial charge in [0.2, 0.25) is 0 Å². The van der Waals surface area contributed by atoms with Crippen molar-refractivity contribution in [1.82, 2.24) is 0 Å². The average Bonchev–Trinajstić information content (AvgIpc) is 2.54. The predicted molar refractivity (Wildman–Crippen MR) is 45.2 cm³/mol. The van der Waals surface area contributed by atoms with E-state index in [9.17, 15) is 0 Å². The summed E-state index contributed by atoms with van der Waals surface area (Å²) in [4.78, 5) is 0. The summed E-state index contributed by atoms with van der Waals surface area (Å²) in [5.74, 6) is 3.39. The summed E-state index contributed by atoms with van der Waals surface area (Å²) in [5, 5.41) is 9.13. The van der Waals surface area contributed by atoms with Gasteiger partial charge in [-0.25, -0.2) is 0 Å². The minimum atomic E-state index is 0.436. The average molecular weight is 154 g/mol. The van der Waals surface area contributed by atoms with E-state index in [1.807, 2.05) is 0 Å². The van der Waals surface area contributed by atoms with Crippen molar-refractivity contribution in [1.29, 1.82) is 0 Å². The Morgan fingerprint density at radius 2 is 2.00 bits per heavy atom. The minimum Gasteiger partial charge on any atom is -0.396 e. The fourth-order valence-corrected chi connectivity index (χ4v) is 3.35. The molecule has 0 aliphatic heterocycles. The lowest BCUT2D eigenvalue weighted by atomic mass is 9.91. The first-order chi connectivity index (χ1) is 5.33. The van der Waals surface area contributed by atoms with Crippen LogP contribution in [0.1, 0.15) is 32.6 Å². The SMILES string of the molecule is CC1CC(CO)C2CCCC12. The second-order valence-electron chi connectivity index (χ2n) is 4.41. The third-order valence-electron chi connectivity index (χ3n) is 3.87. The number of rotatable bonds is 1. The maximum absolute atomic E-state index is 9.13. The highest BCUT2D eigenvalue weighted by molar-refractivity contribution is 4.92. The van der Waals surface area contributed by atoms with Crippen LogP contribution >= 0.6 is 0 Å². The predicted octanol–water partition coefficient (Wildman–Crippen LogP) is 2.05. The molecule has 4 unspecified atom stereocenters. The molecule has 2 fully saturated rings. The summed E-state index contributed by atoms with van der Waals surface area (Å²) in [7, 11) is 0. The maximum Gasteiger partial charge on any atom is 0.0462 e. The summed E-state index contributed by atoms with van der Waals surface area (Å²) < 4.78 is 0. The van der Waals surface area contributed by atoms with E-state index in [1.165, 1.54) is 25.7 Å². The van der Waals surface area contributed by atoms with Crippen molar-refractivity contribution in [2.24, 2.45) is 23.7 Å². The highest BCUT2D eigenvalue weighted by Crippen LogP contribution is 2.50. The van der Waals surface area contributed by atoms with E-state index < -0.39 is 0 Å². The van der Waals surface area contributed by atoms with Crippen molar-refractivity contribution in [3.63, 3.8) is 0 Å². The van der Waals surface area contributed by atoms with Crippen LogP contribution in [0.4, 0.5) is 0 Å². The molecular weight excluding hydrogens is 136 g/mol. The van der Waals surface area contributed by atoms with Crippen LogP contribution in [0, 0.1) is 23.7 Å². The van der Waals surface area contributed by atoms with E-state index in [-0.39, 0.29) is 0 Å². The Morgan fingerprint density at radius 3 is 2.73 bits per heavy atom. The van der Waals surface area contributed by atoms with Crippen LogP contribution in [0.2, 0.25) is 0 Å². The number of fused-ring (bicyclic) bond motifs is 1. The monoisotopic (exact) mass is 154 g/mol. The Hall–Kier alpha value is -0.0400. The van der Waals surface area contributed by atoms with Crippen LogP contribution < -0.4 is 0 Å². The molecular formula is C10H18O. The zero-order chi connectivity index (χ0) is 7.84. The van der Waals surface area contributed by atoms with Gasteiger partial charge in [-0.15, -0.1) is 0 Å². The largest absolute Gasteiger partial charge is 0.396 e. The summed E-state index contributed by atoms with van der Waals surface area (Å²) in [6.45, 7) is 2.80. The molecule has 11 heavy (non-hydrogen) atoms. The van der Waals surface area contributed by atoms with Gasteiger partial charge in [-0.05, 0) is 42.9 Å². The number of aliphatic hydroxyl groups excluding tert-OH is 1. The van der Waals surface area contributed by atoms with Crippen molar-refractivity contribution in [3.05, 3.63) is 0 Å². The summed E-state index contributed by atoms with van der Waals surface area (Å²) in [6, 6.07) is 0. The van der Waals surface area contributed by atoms with Gasteiger partial charge in [-0.1, -0.05) is 13.3 Å².